The monoisotopic (exact) mass is 216 g/mol. The fraction of sp³-hybridized carbons (Fsp3) is 0.333. The predicted octanol–water partition coefficient (Wildman–Crippen LogP) is 0.444. The number of carbonyl (C=O) groups is 1. The highest BCUT2D eigenvalue weighted by Gasteiger charge is 2.37. The number of benzene rings is 1. The van der Waals surface area contributed by atoms with E-state index >= 15 is 0 Å². The maximum absolute atomic E-state index is 11.3. The van der Waals surface area contributed by atoms with E-state index in [0.717, 1.165) is 24.1 Å². The predicted molar refractivity (Wildman–Crippen MR) is 58.9 cm³/mol. The van der Waals surface area contributed by atoms with Crippen molar-refractivity contribution in [2.45, 2.75) is 18.9 Å². The van der Waals surface area contributed by atoms with Gasteiger partial charge in [-0.05, 0) is 18.4 Å². The molecule has 2 atom stereocenters. The number of nitrogens with one attached hydrogen (secondary N) is 1. The summed E-state index contributed by atoms with van der Waals surface area (Å²) in [5.74, 6) is -0.545. The number of aliphatic hydroxyl groups is 1. The second-order valence-electron chi connectivity index (χ2n) is 4.22. The summed E-state index contributed by atoms with van der Waals surface area (Å²) in [6.07, 6.45) is 0.718. The maximum atomic E-state index is 11.3. The molecule has 4 heteroatoms. The van der Waals surface area contributed by atoms with E-state index < -0.39 is 12.0 Å². The Morgan fingerprint density at radius 3 is 3.06 bits per heavy atom. The highest BCUT2D eigenvalue weighted by molar-refractivity contribution is 6.08. The SMILES string of the molecule is O=C1NN=C2c3ccccc3CCC2C1O. The Hall–Kier alpha value is -1.68. The van der Waals surface area contributed by atoms with Crippen molar-refractivity contribution in [3.8, 4) is 0 Å². The maximum Gasteiger partial charge on any atom is 0.269 e. The van der Waals surface area contributed by atoms with Crippen LogP contribution < -0.4 is 5.43 Å². The lowest BCUT2D eigenvalue weighted by Gasteiger charge is -2.32. The van der Waals surface area contributed by atoms with E-state index in [1.165, 1.54) is 5.56 Å². The van der Waals surface area contributed by atoms with Crippen LogP contribution in [0.5, 0.6) is 0 Å². The Morgan fingerprint density at radius 2 is 2.19 bits per heavy atom. The molecule has 0 saturated carbocycles. The van der Waals surface area contributed by atoms with Gasteiger partial charge in [-0.2, -0.15) is 5.10 Å². The van der Waals surface area contributed by atoms with Crippen LogP contribution >= 0.6 is 0 Å². The van der Waals surface area contributed by atoms with E-state index in [1.807, 2.05) is 18.2 Å². The molecule has 0 bridgehead atoms. The smallest absolute Gasteiger partial charge is 0.269 e. The lowest BCUT2D eigenvalue weighted by atomic mass is 9.78. The van der Waals surface area contributed by atoms with Gasteiger partial charge >= 0.3 is 0 Å². The van der Waals surface area contributed by atoms with Crippen molar-refractivity contribution < 1.29 is 9.90 Å². The number of hydrazone groups is 1. The van der Waals surface area contributed by atoms with Crippen LogP contribution in [0.4, 0.5) is 0 Å². The Labute approximate surface area is 93.0 Å². The van der Waals surface area contributed by atoms with Crippen LogP contribution in [0.3, 0.4) is 0 Å². The number of aryl methyl sites for hydroxylation is 1. The summed E-state index contributed by atoms with van der Waals surface area (Å²) in [7, 11) is 0. The molecule has 16 heavy (non-hydrogen) atoms. The van der Waals surface area contributed by atoms with Crippen LogP contribution in [-0.4, -0.2) is 22.8 Å². The number of hydrogen-bond acceptors (Lipinski definition) is 3. The second-order valence-corrected chi connectivity index (χ2v) is 4.22. The summed E-state index contributed by atoms with van der Waals surface area (Å²) < 4.78 is 0. The van der Waals surface area contributed by atoms with Gasteiger partial charge in [0.25, 0.3) is 5.91 Å². The number of aliphatic hydroxyl groups excluding tert-OH is 1. The highest BCUT2D eigenvalue weighted by Crippen LogP contribution is 2.29. The van der Waals surface area contributed by atoms with Gasteiger partial charge in [0.15, 0.2) is 0 Å². The summed E-state index contributed by atoms with van der Waals surface area (Å²) >= 11 is 0. The van der Waals surface area contributed by atoms with Crippen molar-refractivity contribution in [1.29, 1.82) is 0 Å². The molecule has 4 nitrogen and oxygen atoms in total. The second kappa shape index (κ2) is 3.42. The number of nitrogens with zero attached hydrogens (tertiary/aromatic N) is 1. The average Bonchev–Trinajstić information content (AvgIpc) is 2.33. The molecule has 0 fully saturated rings. The third kappa shape index (κ3) is 1.27. The number of carbonyl (C=O) groups excluding carboxylic acids is 1. The molecule has 82 valence electrons. The van der Waals surface area contributed by atoms with Crippen molar-refractivity contribution in [1.82, 2.24) is 5.43 Å². The minimum Gasteiger partial charge on any atom is -0.382 e. The minimum atomic E-state index is -0.958. The Morgan fingerprint density at radius 1 is 1.38 bits per heavy atom. The van der Waals surface area contributed by atoms with Crippen LogP contribution in [0.1, 0.15) is 17.5 Å². The molecule has 1 aliphatic carbocycles. The molecule has 0 saturated heterocycles. The van der Waals surface area contributed by atoms with Crippen molar-refractivity contribution in [2.24, 2.45) is 11.0 Å². The van der Waals surface area contributed by atoms with Gasteiger partial charge in [0, 0.05) is 11.5 Å². The molecule has 3 rings (SSSR count). The third-order valence-corrected chi connectivity index (χ3v) is 3.31. The number of rotatable bonds is 0. The molecular formula is C12H12N2O2. The molecule has 2 unspecified atom stereocenters. The Balaban J connectivity index is 2.10. The van der Waals surface area contributed by atoms with Crippen LogP contribution in [0.15, 0.2) is 29.4 Å². The van der Waals surface area contributed by atoms with Gasteiger partial charge in [0.05, 0.1) is 5.71 Å². The number of amides is 1. The van der Waals surface area contributed by atoms with E-state index in [9.17, 15) is 9.90 Å². The molecule has 1 amide bonds. The van der Waals surface area contributed by atoms with Crippen molar-refractivity contribution >= 4 is 11.6 Å². The van der Waals surface area contributed by atoms with Gasteiger partial charge in [-0.3, -0.25) is 4.79 Å². The molecule has 1 aromatic carbocycles. The molecule has 0 spiro atoms. The van der Waals surface area contributed by atoms with Gasteiger partial charge in [-0.25, -0.2) is 5.43 Å². The van der Waals surface area contributed by atoms with Crippen molar-refractivity contribution in [2.75, 3.05) is 0 Å². The minimum absolute atomic E-state index is 0.149. The zero-order chi connectivity index (χ0) is 11.1. The summed E-state index contributed by atoms with van der Waals surface area (Å²) in [4.78, 5) is 11.3. The van der Waals surface area contributed by atoms with E-state index in [-0.39, 0.29) is 5.92 Å². The first-order valence-electron chi connectivity index (χ1n) is 5.41. The fourth-order valence-corrected chi connectivity index (χ4v) is 2.45. The van der Waals surface area contributed by atoms with Gasteiger partial charge in [-0.15, -0.1) is 0 Å². The Kier molecular flexibility index (Phi) is 2.04. The van der Waals surface area contributed by atoms with Crippen molar-refractivity contribution in [3.63, 3.8) is 0 Å². The van der Waals surface area contributed by atoms with Gasteiger partial charge < -0.3 is 5.11 Å². The number of fused-ring (bicyclic) bond motifs is 3. The zero-order valence-electron chi connectivity index (χ0n) is 8.68. The summed E-state index contributed by atoms with van der Waals surface area (Å²) in [5, 5.41) is 13.9. The molecule has 1 heterocycles. The standard InChI is InChI=1S/C12H12N2O2/c15-11-9-6-5-7-3-1-2-4-8(7)10(9)13-14-12(11)16/h1-4,9,11,15H,5-6H2,(H,14,16). The van der Waals surface area contributed by atoms with Crippen LogP contribution in [-0.2, 0) is 11.2 Å². The first-order chi connectivity index (χ1) is 7.77. The number of hydrogen-bond donors (Lipinski definition) is 2. The van der Waals surface area contributed by atoms with Gasteiger partial charge in [-0.1, -0.05) is 24.3 Å². The van der Waals surface area contributed by atoms with Gasteiger partial charge in [0.1, 0.15) is 6.10 Å². The van der Waals surface area contributed by atoms with E-state index in [4.69, 9.17) is 0 Å². The molecule has 2 aliphatic rings. The van der Waals surface area contributed by atoms with E-state index in [2.05, 4.69) is 16.6 Å². The zero-order valence-corrected chi connectivity index (χ0v) is 8.68. The molecule has 2 N–H and O–H groups in total. The molecule has 0 aromatic heterocycles. The quantitative estimate of drug-likeness (QED) is 0.661. The summed E-state index contributed by atoms with van der Waals surface area (Å²) in [6.45, 7) is 0. The van der Waals surface area contributed by atoms with Crippen LogP contribution in [0, 0.1) is 5.92 Å². The molecule has 0 radical (unpaired) electrons. The lowest BCUT2D eigenvalue weighted by molar-refractivity contribution is -0.131. The average molecular weight is 216 g/mol. The van der Waals surface area contributed by atoms with Gasteiger partial charge in [0.2, 0.25) is 0 Å². The van der Waals surface area contributed by atoms with Crippen molar-refractivity contribution in [3.05, 3.63) is 35.4 Å². The summed E-state index contributed by atoms with van der Waals surface area (Å²) in [5.41, 5.74) is 5.48. The van der Waals surface area contributed by atoms with Crippen LogP contribution in [0.25, 0.3) is 0 Å². The molecule has 1 aliphatic heterocycles. The first-order valence-corrected chi connectivity index (χ1v) is 5.41. The van der Waals surface area contributed by atoms with E-state index in [0.29, 0.717) is 0 Å². The molecule has 1 aromatic rings. The largest absolute Gasteiger partial charge is 0.382 e. The fourth-order valence-electron chi connectivity index (χ4n) is 2.45. The topological polar surface area (TPSA) is 61.7 Å². The lowest BCUT2D eigenvalue weighted by Crippen LogP contribution is -2.47. The normalized spacial score (nSPS) is 27.6. The van der Waals surface area contributed by atoms with E-state index in [1.54, 1.807) is 0 Å². The first kappa shape index (κ1) is 9.54. The highest BCUT2D eigenvalue weighted by atomic mass is 16.3. The summed E-state index contributed by atoms with van der Waals surface area (Å²) in [6, 6.07) is 8.01. The third-order valence-electron chi connectivity index (χ3n) is 3.31. The molecular weight excluding hydrogens is 204 g/mol. The Bertz CT molecular complexity index is 482. The van der Waals surface area contributed by atoms with Crippen LogP contribution in [0.2, 0.25) is 0 Å².